The fourth-order valence-corrected chi connectivity index (χ4v) is 1.53. The zero-order chi connectivity index (χ0) is 13.5. The molecular formula is C16H14O3. The van der Waals surface area contributed by atoms with Crippen LogP contribution in [0.1, 0.15) is 11.1 Å². The fourth-order valence-electron chi connectivity index (χ4n) is 1.53. The third kappa shape index (κ3) is 4.32. The Balaban J connectivity index is 1.86. The second-order valence-corrected chi connectivity index (χ2v) is 4.02. The van der Waals surface area contributed by atoms with E-state index in [1.165, 1.54) is 6.08 Å². The van der Waals surface area contributed by atoms with Gasteiger partial charge in [-0.25, -0.2) is 4.79 Å². The summed E-state index contributed by atoms with van der Waals surface area (Å²) in [5, 5.41) is 9.13. The second kappa shape index (κ2) is 6.40. The highest BCUT2D eigenvalue weighted by Gasteiger charge is 1.98. The van der Waals surface area contributed by atoms with Gasteiger partial charge in [0.25, 0.3) is 0 Å². The van der Waals surface area contributed by atoms with Crippen molar-refractivity contribution in [3.63, 3.8) is 0 Å². The van der Waals surface area contributed by atoms with E-state index in [1.807, 2.05) is 30.3 Å². The number of phenolic OH excluding ortho intramolecular Hbond substituents is 1. The Morgan fingerprint density at radius 1 is 1.05 bits per heavy atom. The van der Waals surface area contributed by atoms with Gasteiger partial charge >= 0.3 is 5.97 Å². The monoisotopic (exact) mass is 254 g/mol. The van der Waals surface area contributed by atoms with Gasteiger partial charge in [0.15, 0.2) is 0 Å². The van der Waals surface area contributed by atoms with Gasteiger partial charge in [-0.3, -0.25) is 0 Å². The molecule has 0 aliphatic heterocycles. The third-order valence-electron chi connectivity index (χ3n) is 2.53. The van der Waals surface area contributed by atoms with Crippen molar-refractivity contribution < 1.29 is 14.6 Å². The number of ether oxygens (including phenoxy) is 1. The number of aromatic hydroxyl groups is 1. The summed E-state index contributed by atoms with van der Waals surface area (Å²) in [5.74, 6) is -0.194. The quantitative estimate of drug-likeness (QED) is 0.673. The Kier molecular flexibility index (Phi) is 4.34. The summed E-state index contributed by atoms with van der Waals surface area (Å²) in [6, 6.07) is 16.1. The average molecular weight is 254 g/mol. The summed E-state index contributed by atoms with van der Waals surface area (Å²) in [5.41, 5.74) is 1.78. The molecule has 0 atom stereocenters. The maximum atomic E-state index is 11.5. The van der Waals surface area contributed by atoms with Crippen LogP contribution in [0.4, 0.5) is 0 Å². The molecular weight excluding hydrogens is 240 g/mol. The Hall–Kier alpha value is -2.55. The van der Waals surface area contributed by atoms with Gasteiger partial charge < -0.3 is 9.84 Å². The first-order valence-corrected chi connectivity index (χ1v) is 5.92. The number of carbonyl (C=O) groups excluding carboxylic acids is 1. The van der Waals surface area contributed by atoms with Gasteiger partial charge in [-0.2, -0.15) is 0 Å². The number of hydrogen-bond acceptors (Lipinski definition) is 3. The van der Waals surface area contributed by atoms with Crippen LogP contribution in [0.15, 0.2) is 60.7 Å². The van der Waals surface area contributed by atoms with Crippen LogP contribution in [0.5, 0.6) is 5.75 Å². The number of phenols is 1. The van der Waals surface area contributed by atoms with Crippen molar-refractivity contribution in [2.75, 3.05) is 0 Å². The molecule has 2 rings (SSSR count). The highest BCUT2D eigenvalue weighted by Crippen LogP contribution is 2.10. The molecule has 0 bridgehead atoms. The van der Waals surface area contributed by atoms with Gasteiger partial charge in [0.05, 0.1) is 0 Å². The molecule has 0 aromatic heterocycles. The van der Waals surface area contributed by atoms with Gasteiger partial charge in [0.2, 0.25) is 0 Å². The fraction of sp³-hybridized carbons (Fsp3) is 0.0625. The van der Waals surface area contributed by atoms with E-state index in [0.29, 0.717) is 0 Å². The molecule has 96 valence electrons. The van der Waals surface area contributed by atoms with E-state index in [0.717, 1.165) is 11.1 Å². The zero-order valence-electron chi connectivity index (χ0n) is 10.3. The SMILES string of the molecule is O=C(C=Cc1ccc(O)cc1)OCc1ccccc1. The Bertz CT molecular complexity index is 556. The lowest BCUT2D eigenvalue weighted by Crippen LogP contribution is -2.00. The van der Waals surface area contributed by atoms with Gasteiger partial charge in [-0.05, 0) is 29.3 Å². The molecule has 19 heavy (non-hydrogen) atoms. The van der Waals surface area contributed by atoms with Gasteiger partial charge in [0, 0.05) is 6.08 Å². The van der Waals surface area contributed by atoms with Crippen molar-refractivity contribution >= 4 is 12.0 Å². The minimum Gasteiger partial charge on any atom is -0.508 e. The topological polar surface area (TPSA) is 46.5 Å². The number of benzene rings is 2. The first-order valence-electron chi connectivity index (χ1n) is 5.92. The minimum atomic E-state index is -0.392. The zero-order valence-corrected chi connectivity index (χ0v) is 10.3. The van der Waals surface area contributed by atoms with E-state index in [9.17, 15) is 4.79 Å². The highest BCUT2D eigenvalue weighted by molar-refractivity contribution is 5.87. The molecule has 0 aliphatic carbocycles. The normalized spacial score (nSPS) is 10.5. The molecule has 0 amide bonds. The van der Waals surface area contributed by atoms with Gasteiger partial charge in [-0.1, -0.05) is 42.5 Å². The van der Waals surface area contributed by atoms with E-state index in [-0.39, 0.29) is 12.4 Å². The Labute approximate surface area is 111 Å². The summed E-state index contributed by atoms with van der Waals surface area (Å²) in [6.07, 6.45) is 3.02. The summed E-state index contributed by atoms with van der Waals surface area (Å²) >= 11 is 0. The molecule has 0 radical (unpaired) electrons. The van der Waals surface area contributed by atoms with Gasteiger partial charge in [0.1, 0.15) is 12.4 Å². The molecule has 0 heterocycles. The number of hydrogen-bond donors (Lipinski definition) is 1. The van der Waals surface area contributed by atoms with Crippen LogP contribution in [-0.4, -0.2) is 11.1 Å². The standard InChI is InChI=1S/C16H14O3/c17-15-9-6-13(7-10-15)8-11-16(18)19-12-14-4-2-1-3-5-14/h1-11,17H,12H2. The number of carbonyl (C=O) groups is 1. The molecule has 2 aromatic carbocycles. The third-order valence-corrected chi connectivity index (χ3v) is 2.53. The number of rotatable bonds is 4. The molecule has 1 N–H and O–H groups in total. The second-order valence-electron chi connectivity index (χ2n) is 4.02. The molecule has 0 unspecified atom stereocenters. The van der Waals surface area contributed by atoms with Crippen LogP contribution in [0.3, 0.4) is 0 Å². The van der Waals surface area contributed by atoms with E-state index >= 15 is 0 Å². The molecule has 0 saturated carbocycles. The number of esters is 1. The van der Waals surface area contributed by atoms with Crippen LogP contribution in [0, 0.1) is 0 Å². The van der Waals surface area contributed by atoms with Crippen molar-refractivity contribution in [2.24, 2.45) is 0 Å². The lowest BCUT2D eigenvalue weighted by molar-refractivity contribution is -0.138. The summed E-state index contributed by atoms with van der Waals surface area (Å²) in [6.45, 7) is 0.263. The van der Waals surface area contributed by atoms with Crippen molar-refractivity contribution in [2.45, 2.75) is 6.61 Å². The van der Waals surface area contributed by atoms with E-state index in [1.54, 1.807) is 30.3 Å². The molecule has 2 aromatic rings. The van der Waals surface area contributed by atoms with Crippen molar-refractivity contribution in [1.82, 2.24) is 0 Å². The summed E-state index contributed by atoms with van der Waals surface area (Å²) < 4.78 is 5.10. The highest BCUT2D eigenvalue weighted by atomic mass is 16.5. The molecule has 3 heteroatoms. The lowest BCUT2D eigenvalue weighted by Gasteiger charge is -2.01. The maximum Gasteiger partial charge on any atom is 0.331 e. The molecule has 0 aliphatic rings. The van der Waals surface area contributed by atoms with Crippen molar-refractivity contribution in [1.29, 1.82) is 0 Å². The molecule has 0 saturated heterocycles. The Morgan fingerprint density at radius 3 is 2.42 bits per heavy atom. The summed E-state index contributed by atoms with van der Waals surface area (Å²) in [4.78, 5) is 11.5. The smallest absolute Gasteiger partial charge is 0.331 e. The van der Waals surface area contributed by atoms with Gasteiger partial charge in [-0.15, -0.1) is 0 Å². The van der Waals surface area contributed by atoms with E-state index in [4.69, 9.17) is 9.84 Å². The predicted octanol–water partition coefficient (Wildman–Crippen LogP) is 3.15. The molecule has 0 fully saturated rings. The van der Waals surface area contributed by atoms with E-state index in [2.05, 4.69) is 0 Å². The van der Waals surface area contributed by atoms with Crippen LogP contribution in [0.25, 0.3) is 6.08 Å². The lowest BCUT2D eigenvalue weighted by atomic mass is 10.2. The van der Waals surface area contributed by atoms with Crippen LogP contribution in [-0.2, 0) is 16.1 Å². The molecule has 0 spiro atoms. The largest absolute Gasteiger partial charge is 0.508 e. The van der Waals surface area contributed by atoms with Crippen molar-refractivity contribution in [3.8, 4) is 5.75 Å². The Morgan fingerprint density at radius 2 is 1.74 bits per heavy atom. The maximum absolute atomic E-state index is 11.5. The van der Waals surface area contributed by atoms with Crippen LogP contribution >= 0.6 is 0 Å². The summed E-state index contributed by atoms with van der Waals surface area (Å²) in [7, 11) is 0. The molecule has 3 nitrogen and oxygen atoms in total. The predicted molar refractivity (Wildman–Crippen MR) is 73.4 cm³/mol. The first kappa shape index (κ1) is 12.9. The first-order chi connectivity index (χ1) is 9.24. The van der Waals surface area contributed by atoms with Crippen LogP contribution in [0.2, 0.25) is 0 Å². The van der Waals surface area contributed by atoms with Crippen LogP contribution < -0.4 is 0 Å². The van der Waals surface area contributed by atoms with Crippen molar-refractivity contribution in [3.05, 3.63) is 71.8 Å². The average Bonchev–Trinajstić information content (AvgIpc) is 2.45. The minimum absolute atomic E-state index is 0.198. The van der Waals surface area contributed by atoms with E-state index < -0.39 is 5.97 Å².